The highest BCUT2D eigenvalue weighted by Gasteiger charge is 2.36. The highest BCUT2D eigenvalue weighted by Crippen LogP contribution is 2.33. The van der Waals surface area contributed by atoms with Crippen LogP contribution in [0.5, 0.6) is 0 Å². The van der Waals surface area contributed by atoms with Crippen molar-refractivity contribution < 1.29 is 18.0 Å². The number of halogens is 3. The van der Waals surface area contributed by atoms with Crippen molar-refractivity contribution in [3.05, 3.63) is 30.1 Å². The van der Waals surface area contributed by atoms with Gasteiger partial charge in [0, 0.05) is 11.4 Å². The van der Waals surface area contributed by atoms with Crippen molar-refractivity contribution in [2.24, 2.45) is 0 Å². The molecule has 2 aromatic rings. The molecule has 23 heavy (non-hydrogen) atoms. The molecule has 4 nitrogen and oxygen atoms in total. The van der Waals surface area contributed by atoms with E-state index in [-0.39, 0.29) is 22.5 Å². The van der Waals surface area contributed by atoms with Gasteiger partial charge >= 0.3 is 6.18 Å². The Morgan fingerprint density at radius 1 is 1.30 bits per heavy atom. The number of carbonyl (C=O) groups is 1. The first kappa shape index (κ1) is 16.0. The zero-order chi connectivity index (χ0) is 16.6. The van der Waals surface area contributed by atoms with Crippen LogP contribution >= 0.6 is 11.8 Å². The molecule has 1 amide bonds. The number of hydrogen-bond acceptors (Lipinski definition) is 4. The van der Waals surface area contributed by atoms with Crippen molar-refractivity contribution in [2.45, 2.75) is 42.3 Å². The van der Waals surface area contributed by atoms with Crippen LogP contribution in [0.4, 0.5) is 13.2 Å². The quantitative estimate of drug-likeness (QED) is 0.684. The summed E-state index contributed by atoms with van der Waals surface area (Å²) >= 11 is 1.02. The van der Waals surface area contributed by atoms with E-state index in [9.17, 15) is 18.0 Å². The second-order valence-electron chi connectivity index (χ2n) is 5.41. The predicted octanol–water partition coefficient (Wildman–Crippen LogP) is 3.41. The summed E-state index contributed by atoms with van der Waals surface area (Å²) in [5.74, 6) is -1.37. The van der Waals surface area contributed by atoms with Crippen molar-refractivity contribution in [3.8, 4) is 0 Å². The fourth-order valence-electron chi connectivity index (χ4n) is 2.03. The van der Waals surface area contributed by atoms with E-state index in [1.807, 2.05) is 0 Å². The maximum atomic E-state index is 13.0. The maximum absolute atomic E-state index is 13.0. The summed E-state index contributed by atoms with van der Waals surface area (Å²) in [6.07, 6.45) is -2.71. The fourth-order valence-corrected chi connectivity index (χ4v) is 2.98. The fraction of sp³-hybridized carbons (Fsp3) is 0.400. The minimum atomic E-state index is -4.63. The van der Waals surface area contributed by atoms with E-state index in [0.29, 0.717) is 5.39 Å². The van der Waals surface area contributed by atoms with Gasteiger partial charge in [-0.2, -0.15) is 13.2 Å². The van der Waals surface area contributed by atoms with E-state index in [1.54, 1.807) is 25.1 Å². The third-order valence-electron chi connectivity index (χ3n) is 3.40. The molecule has 0 unspecified atom stereocenters. The number of para-hydroxylation sites is 1. The lowest BCUT2D eigenvalue weighted by atomic mass is 10.2. The maximum Gasteiger partial charge on any atom is 0.451 e. The molecule has 0 radical (unpaired) electrons. The lowest BCUT2D eigenvalue weighted by molar-refractivity contribution is -0.145. The van der Waals surface area contributed by atoms with Crippen molar-refractivity contribution in [1.82, 2.24) is 15.3 Å². The van der Waals surface area contributed by atoms with Gasteiger partial charge in [0.15, 0.2) is 0 Å². The standard InChI is InChI=1S/C15H14F3N3OS/c1-8(12(22)19-9-6-7-9)23-13-10-4-2-3-5-11(10)20-14(21-13)15(16,17)18/h2-5,8-9H,6-7H2,1H3,(H,19,22)/t8-/m1/s1. The Kier molecular flexibility index (Phi) is 4.18. The Balaban J connectivity index is 1.92. The number of amides is 1. The SMILES string of the molecule is C[C@@H](Sc1nc(C(F)(F)F)nc2ccccc12)C(=O)NC1CC1. The normalized spacial score (nSPS) is 16.3. The van der Waals surface area contributed by atoms with Gasteiger partial charge in [0.2, 0.25) is 11.7 Å². The average Bonchev–Trinajstić information content (AvgIpc) is 3.30. The van der Waals surface area contributed by atoms with Crippen molar-refractivity contribution >= 4 is 28.6 Å². The summed E-state index contributed by atoms with van der Waals surface area (Å²) in [4.78, 5) is 19.2. The molecule has 0 spiro atoms. The second kappa shape index (κ2) is 5.99. The van der Waals surface area contributed by atoms with E-state index >= 15 is 0 Å². The van der Waals surface area contributed by atoms with Crippen LogP contribution in [0.25, 0.3) is 10.9 Å². The summed E-state index contributed by atoms with van der Waals surface area (Å²) in [5.41, 5.74) is 0.215. The minimum Gasteiger partial charge on any atom is -0.352 e. The van der Waals surface area contributed by atoms with E-state index < -0.39 is 17.3 Å². The molecule has 1 aliphatic rings. The van der Waals surface area contributed by atoms with Crippen LogP contribution < -0.4 is 5.32 Å². The Bertz CT molecular complexity index is 746. The summed E-state index contributed by atoms with van der Waals surface area (Å²) in [6, 6.07) is 6.69. The van der Waals surface area contributed by atoms with Gasteiger partial charge in [0.1, 0.15) is 5.03 Å². The molecule has 0 saturated heterocycles. The first-order chi connectivity index (χ1) is 10.8. The Morgan fingerprint density at radius 3 is 2.65 bits per heavy atom. The number of hydrogen-bond donors (Lipinski definition) is 1. The average molecular weight is 341 g/mol. The largest absolute Gasteiger partial charge is 0.451 e. The number of rotatable bonds is 4. The Labute approximate surface area is 134 Å². The van der Waals surface area contributed by atoms with E-state index in [2.05, 4.69) is 15.3 Å². The molecule has 1 N–H and O–H groups in total. The van der Waals surface area contributed by atoms with Crippen LogP contribution in [0, 0.1) is 0 Å². The number of nitrogens with zero attached hydrogens (tertiary/aromatic N) is 2. The number of nitrogens with one attached hydrogen (secondary N) is 1. The third-order valence-corrected chi connectivity index (χ3v) is 4.51. The van der Waals surface area contributed by atoms with Crippen LogP contribution in [-0.4, -0.2) is 27.2 Å². The topological polar surface area (TPSA) is 54.9 Å². The molecular weight excluding hydrogens is 327 g/mol. The number of aromatic nitrogens is 2. The number of carbonyl (C=O) groups excluding carboxylic acids is 1. The molecule has 1 aliphatic carbocycles. The summed E-state index contributed by atoms with van der Waals surface area (Å²) in [5, 5.41) is 2.99. The van der Waals surface area contributed by atoms with Crippen LogP contribution in [-0.2, 0) is 11.0 Å². The summed E-state index contributed by atoms with van der Waals surface area (Å²) in [7, 11) is 0. The monoisotopic (exact) mass is 341 g/mol. The molecule has 1 aromatic heterocycles. The number of fused-ring (bicyclic) bond motifs is 1. The molecule has 0 bridgehead atoms. The van der Waals surface area contributed by atoms with Gasteiger partial charge in [0.25, 0.3) is 0 Å². The first-order valence-corrected chi connectivity index (χ1v) is 8.03. The van der Waals surface area contributed by atoms with Crippen LogP contribution in [0.2, 0.25) is 0 Å². The summed E-state index contributed by atoms with van der Waals surface area (Å²) < 4.78 is 38.9. The van der Waals surface area contributed by atoms with Gasteiger partial charge in [0.05, 0.1) is 10.8 Å². The smallest absolute Gasteiger partial charge is 0.352 e. The van der Waals surface area contributed by atoms with Gasteiger partial charge in [-0.05, 0) is 25.8 Å². The molecule has 1 aromatic carbocycles. The highest BCUT2D eigenvalue weighted by molar-refractivity contribution is 8.00. The molecule has 0 aliphatic heterocycles. The van der Waals surface area contributed by atoms with Gasteiger partial charge < -0.3 is 5.32 Å². The number of alkyl halides is 3. The van der Waals surface area contributed by atoms with Crippen molar-refractivity contribution in [2.75, 3.05) is 0 Å². The van der Waals surface area contributed by atoms with E-state index in [1.165, 1.54) is 6.07 Å². The van der Waals surface area contributed by atoms with Crippen LogP contribution in [0.1, 0.15) is 25.6 Å². The molecule has 1 fully saturated rings. The zero-order valence-corrected chi connectivity index (χ0v) is 13.0. The molecule has 1 atom stereocenters. The molecular formula is C15H14F3N3OS. The molecule has 1 saturated carbocycles. The third kappa shape index (κ3) is 3.74. The molecule has 1 heterocycles. The van der Waals surface area contributed by atoms with E-state index in [4.69, 9.17) is 0 Å². The van der Waals surface area contributed by atoms with Gasteiger partial charge in [-0.3, -0.25) is 4.79 Å². The molecule has 3 rings (SSSR count). The molecule has 122 valence electrons. The lowest BCUT2D eigenvalue weighted by Crippen LogP contribution is -2.32. The predicted molar refractivity (Wildman–Crippen MR) is 81.0 cm³/mol. The van der Waals surface area contributed by atoms with Crippen molar-refractivity contribution in [1.29, 1.82) is 0 Å². The first-order valence-electron chi connectivity index (χ1n) is 7.15. The van der Waals surface area contributed by atoms with E-state index in [0.717, 1.165) is 24.6 Å². The van der Waals surface area contributed by atoms with Gasteiger partial charge in [-0.25, -0.2) is 9.97 Å². The zero-order valence-electron chi connectivity index (χ0n) is 12.2. The lowest BCUT2D eigenvalue weighted by Gasteiger charge is -2.14. The molecule has 8 heteroatoms. The summed E-state index contributed by atoms with van der Waals surface area (Å²) in [6.45, 7) is 1.66. The Hall–Kier alpha value is -1.83. The number of benzene rings is 1. The second-order valence-corrected chi connectivity index (χ2v) is 6.74. The number of thioether (sulfide) groups is 1. The van der Waals surface area contributed by atoms with Gasteiger partial charge in [-0.1, -0.05) is 30.0 Å². The van der Waals surface area contributed by atoms with Crippen molar-refractivity contribution in [3.63, 3.8) is 0 Å². The van der Waals surface area contributed by atoms with Gasteiger partial charge in [-0.15, -0.1) is 0 Å². The Morgan fingerprint density at radius 2 is 2.00 bits per heavy atom. The minimum absolute atomic E-state index is 0.168. The van der Waals surface area contributed by atoms with Crippen LogP contribution in [0.15, 0.2) is 29.3 Å². The highest BCUT2D eigenvalue weighted by atomic mass is 32.2. The van der Waals surface area contributed by atoms with Crippen LogP contribution in [0.3, 0.4) is 0 Å².